The minimum absolute atomic E-state index is 0.0996. The summed E-state index contributed by atoms with van der Waals surface area (Å²) >= 11 is 7.83. The van der Waals surface area contributed by atoms with Gasteiger partial charge in [-0.15, -0.1) is 5.10 Å². The Morgan fingerprint density at radius 3 is 2.75 bits per heavy atom. The van der Waals surface area contributed by atoms with Crippen LogP contribution in [0.25, 0.3) is 6.08 Å². The molecule has 9 heteroatoms. The van der Waals surface area contributed by atoms with Crippen molar-refractivity contribution < 1.29 is 14.6 Å². The van der Waals surface area contributed by atoms with Gasteiger partial charge in [0, 0.05) is 16.5 Å². The van der Waals surface area contributed by atoms with Crippen LogP contribution in [0.15, 0.2) is 31.1 Å². The number of halogens is 2. The Labute approximate surface area is 160 Å². The van der Waals surface area contributed by atoms with Gasteiger partial charge in [-0.3, -0.25) is 5.10 Å². The molecule has 128 valence electrons. The normalized spacial score (nSPS) is 11.6. The van der Waals surface area contributed by atoms with Crippen LogP contribution in [0.4, 0.5) is 0 Å². The highest BCUT2D eigenvalue weighted by Gasteiger charge is 2.16. The number of nitrogens with one attached hydrogen (secondary N) is 1. The van der Waals surface area contributed by atoms with Gasteiger partial charge in [0.1, 0.15) is 16.5 Å². The van der Waals surface area contributed by atoms with Gasteiger partial charge in [-0.1, -0.05) is 22.9 Å². The number of nitrogens with zero attached hydrogens (tertiary/aromatic N) is 2. The molecule has 1 aromatic carbocycles. The van der Waals surface area contributed by atoms with Crippen LogP contribution in [-0.4, -0.2) is 32.9 Å². The molecule has 0 bridgehead atoms. The number of hydrogen-bond donors (Lipinski definition) is 2. The van der Waals surface area contributed by atoms with E-state index in [1.807, 2.05) is 19.9 Å². The summed E-state index contributed by atoms with van der Waals surface area (Å²) in [4.78, 5) is 15.9. The Morgan fingerprint density at radius 2 is 2.17 bits per heavy atom. The molecule has 2 N–H and O–H groups in total. The lowest BCUT2D eigenvalue weighted by molar-refractivity contribution is -0.131. The Kier molecular flexibility index (Phi) is 6.88. The summed E-state index contributed by atoms with van der Waals surface area (Å²) in [6.45, 7) is 4.28. The number of carbonyl (C=O) groups is 1. The number of rotatable bonds is 7. The standard InChI is InChI=1S/C15H15Br2N3O3S/c1-3-12-18-15(20-19-12)24-11(14(21)22)6-8-5-9(16)7-10(17)13(8)23-4-2/h5-7H,3-4H2,1-2H3,(H,21,22)(H,18,19,20)/b11-6-. The fraction of sp³-hybridized carbons (Fsp3) is 0.267. The van der Waals surface area contributed by atoms with E-state index in [1.165, 1.54) is 0 Å². The van der Waals surface area contributed by atoms with Crippen LogP contribution in [0.3, 0.4) is 0 Å². The quantitative estimate of drug-likeness (QED) is 0.451. The average molecular weight is 477 g/mol. The van der Waals surface area contributed by atoms with E-state index in [0.29, 0.717) is 35.3 Å². The lowest BCUT2D eigenvalue weighted by atomic mass is 10.2. The van der Waals surface area contributed by atoms with Crippen molar-refractivity contribution >= 4 is 55.7 Å². The third kappa shape index (κ3) is 4.84. The van der Waals surface area contributed by atoms with E-state index in [0.717, 1.165) is 20.7 Å². The van der Waals surface area contributed by atoms with E-state index >= 15 is 0 Å². The zero-order valence-electron chi connectivity index (χ0n) is 13.0. The molecular weight excluding hydrogens is 462 g/mol. The number of aromatic nitrogens is 3. The molecule has 0 amide bonds. The molecule has 1 aromatic heterocycles. The average Bonchev–Trinajstić information content (AvgIpc) is 2.97. The lowest BCUT2D eigenvalue weighted by Gasteiger charge is -2.11. The molecule has 24 heavy (non-hydrogen) atoms. The van der Waals surface area contributed by atoms with Crippen molar-refractivity contribution in [2.24, 2.45) is 0 Å². The van der Waals surface area contributed by atoms with Crippen LogP contribution in [0.5, 0.6) is 5.75 Å². The molecule has 0 atom stereocenters. The molecule has 2 rings (SSSR count). The summed E-state index contributed by atoms with van der Waals surface area (Å²) in [6, 6.07) is 3.65. The molecule has 0 spiro atoms. The van der Waals surface area contributed by atoms with Gasteiger partial charge < -0.3 is 9.84 Å². The summed E-state index contributed by atoms with van der Waals surface area (Å²) < 4.78 is 7.17. The summed E-state index contributed by atoms with van der Waals surface area (Å²) in [5.41, 5.74) is 0.647. The molecule has 1 heterocycles. The first-order valence-corrected chi connectivity index (χ1v) is 9.50. The Balaban J connectivity index is 2.42. The molecule has 6 nitrogen and oxygen atoms in total. The number of hydrogen-bond acceptors (Lipinski definition) is 5. The zero-order chi connectivity index (χ0) is 17.7. The fourth-order valence-corrected chi connectivity index (χ4v) is 3.93. The molecule has 2 aromatic rings. The number of ether oxygens (including phenoxy) is 1. The maximum absolute atomic E-state index is 11.6. The van der Waals surface area contributed by atoms with E-state index in [9.17, 15) is 9.90 Å². The summed E-state index contributed by atoms with van der Waals surface area (Å²) in [5, 5.41) is 16.7. The van der Waals surface area contributed by atoms with Gasteiger partial charge in [-0.2, -0.15) is 0 Å². The van der Waals surface area contributed by atoms with E-state index in [-0.39, 0.29) is 4.91 Å². The van der Waals surface area contributed by atoms with Gasteiger partial charge in [0.15, 0.2) is 0 Å². The largest absolute Gasteiger partial charge is 0.492 e. The van der Waals surface area contributed by atoms with Gasteiger partial charge >= 0.3 is 5.97 Å². The number of H-pyrrole nitrogens is 1. The van der Waals surface area contributed by atoms with Crippen molar-refractivity contribution in [1.29, 1.82) is 0 Å². The van der Waals surface area contributed by atoms with Crippen molar-refractivity contribution in [2.75, 3.05) is 6.61 Å². The molecular formula is C15H15Br2N3O3S. The first-order chi connectivity index (χ1) is 11.4. The van der Waals surface area contributed by atoms with Crippen LogP contribution < -0.4 is 4.74 Å². The summed E-state index contributed by atoms with van der Waals surface area (Å²) in [7, 11) is 0. The second-order valence-electron chi connectivity index (χ2n) is 4.57. The molecule has 0 radical (unpaired) electrons. The second kappa shape index (κ2) is 8.68. The minimum Gasteiger partial charge on any atom is -0.492 e. The highest BCUT2D eigenvalue weighted by Crippen LogP contribution is 2.36. The topological polar surface area (TPSA) is 88.1 Å². The van der Waals surface area contributed by atoms with E-state index in [2.05, 4.69) is 47.0 Å². The molecule has 0 fully saturated rings. The molecule has 0 unspecified atom stereocenters. The zero-order valence-corrected chi connectivity index (χ0v) is 17.0. The number of thioether (sulfide) groups is 1. The van der Waals surface area contributed by atoms with E-state index in [4.69, 9.17) is 4.74 Å². The van der Waals surface area contributed by atoms with E-state index < -0.39 is 5.97 Å². The molecule has 0 aliphatic carbocycles. The summed E-state index contributed by atoms with van der Waals surface area (Å²) in [5.74, 6) is 0.244. The third-order valence-corrected chi connectivity index (χ3v) is 4.79. The number of aliphatic carboxylic acids is 1. The smallest absolute Gasteiger partial charge is 0.342 e. The van der Waals surface area contributed by atoms with Crippen LogP contribution in [0, 0.1) is 0 Å². The van der Waals surface area contributed by atoms with Crippen LogP contribution >= 0.6 is 43.6 Å². The predicted molar refractivity (Wildman–Crippen MR) is 100 cm³/mol. The number of aryl methyl sites for hydroxylation is 1. The summed E-state index contributed by atoms with van der Waals surface area (Å²) in [6.07, 6.45) is 2.25. The van der Waals surface area contributed by atoms with Gasteiger partial charge in [-0.25, -0.2) is 9.78 Å². The Bertz CT molecular complexity index is 777. The molecule has 0 aliphatic rings. The number of carboxylic acid groups (broad SMARTS) is 1. The van der Waals surface area contributed by atoms with Gasteiger partial charge in [0.2, 0.25) is 5.16 Å². The molecule has 0 aliphatic heterocycles. The lowest BCUT2D eigenvalue weighted by Crippen LogP contribution is -1.99. The van der Waals surface area contributed by atoms with Crippen molar-refractivity contribution in [3.05, 3.63) is 37.4 Å². The van der Waals surface area contributed by atoms with Gasteiger partial charge in [0.05, 0.1) is 11.1 Å². The molecule has 0 saturated carbocycles. The molecule has 0 saturated heterocycles. The van der Waals surface area contributed by atoms with E-state index in [1.54, 1.807) is 12.1 Å². The highest BCUT2D eigenvalue weighted by atomic mass is 79.9. The van der Waals surface area contributed by atoms with Crippen LogP contribution in [0.2, 0.25) is 0 Å². The maximum Gasteiger partial charge on any atom is 0.342 e. The van der Waals surface area contributed by atoms with Crippen molar-refractivity contribution in [1.82, 2.24) is 15.2 Å². The van der Waals surface area contributed by atoms with Gasteiger partial charge in [-0.05, 0) is 52.8 Å². The Hall–Kier alpha value is -1.32. The SMILES string of the molecule is CCOc1c(Br)cc(Br)cc1/C=C(\Sc1n[nH]c(CC)n1)C(=O)O. The highest BCUT2D eigenvalue weighted by molar-refractivity contribution is 9.11. The van der Waals surface area contributed by atoms with Gasteiger partial charge in [0.25, 0.3) is 0 Å². The number of benzene rings is 1. The van der Waals surface area contributed by atoms with Crippen LogP contribution in [-0.2, 0) is 11.2 Å². The van der Waals surface area contributed by atoms with Crippen molar-refractivity contribution in [2.45, 2.75) is 25.4 Å². The monoisotopic (exact) mass is 475 g/mol. The van der Waals surface area contributed by atoms with Crippen LogP contribution in [0.1, 0.15) is 25.2 Å². The first kappa shape index (κ1) is 19.0. The van der Waals surface area contributed by atoms with Crippen molar-refractivity contribution in [3.8, 4) is 5.75 Å². The first-order valence-electron chi connectivity index (χ1n) is 7.10. The second-order valence-corrected chi connectivity index (χ2v) is 7.35. The predicted octanol–water partition coefficient (Wildman–Crippen LogP) is 4.51. The fourth-order valence-electron chi connectivity index (χ4n) is 1.84. The number of carboxylic acids is 1. The third-order valence-electron chi connectivity index (χ3n) is 2.87. The maximum atomic E-state index is 11.6. The Morgan fingerprint density at radius 1 is 1.42 bits per heavy atom. The van der Waals surface area contributed by atoms with Crippen molar-refractivity contribution in [3.63, 3.8) is 0 Å². The number of aromatic amines is 1. The minimum atomic E-state index is -1.05.